The third-order valence-electron chi connectivity index (χ3n) is 4.03. The molecule has 1 aliphatic carbocycles. The van der Waals surface area contributed by atoms with Crippen LogP contribution in [-0.4, -0.2) is 22.2 Å². The van der Waals surface area contributed by atoms with Gasteiger partial charge in [-0.2, -0.15) is 13.2 Å². The molecule has 0 fully saturated rings. The molecule has 0 spiro atoms. The molecule has 6 nitrogen and oxygen atoms in total. The summed E-state index contributed by atoms with van der Waals surface area (Å²) in [6, 6.07) is 6.40. The molecule has 1 unspecified atom stereocenters. The first-order valence-electron chi connectivity index (χ1n) is 7.62. The first kappa shape index (κ1) is 17.7. The third-order valence-corrected chi connectivity index (χ3v) is 4.03. The predicted octanol–water partition coefficient (Wildman–Crippen LogP) is 3.57. The summed E-state index contributed by atoms with van der Waals surface area (Å²) >= 11 is 0. The first-order valence-corrected chi connectivity index (χ1v) is 7.62. The monoisotopic (exact) mass is 366 g/mol. The van der Waals surface area contributed by atoms with Gasteiger partial charge in [0.1, 0.15) is 5.75 Å². The van der Waals surface area contributed by atoms with E-state index < -0.39 is 35.5 Å². The van der Waals surface area contributed by atoms with Crippen LogP contribution >= 0.6 is 0 Å². The normalized spacial score (nSPS) is 16.0. The minimum atomic E-state index is -4.75. The van der Waals surface area contributed by atoms with Crippen molar-refractivity contribution in [1.29, 1.82) is 0 Å². The fourth-order valence-corrected chi connectivity index (χ4v) is 2.95. The number of fused-ring (bicyclic) bond motifs is 1. The number of benzene rings is 1. The third kappa shape index (κ3) is 3.61. The highest BCUT2D eigenvalue weighted by Crippen LogP contribution is 2.35. The number of rotatable bonds is 3. The van der Waals surface area contributed by atoms with E-state index in [1.807, 2.05) is 0 Å². The Labute approximate surface area is 145 Å². The second-order valence-corrected chi connectivity index (χ2v) is 5.69. The summed E-state index contributed by atoms with van der Waals surface area (Å²) in [5, 5.41) is 11.2. The van der Waals surface area contributed by atoms with Gasteiger partial charge >= 0.3 is 12.3 Å². The molecule has 136 valence electrons. The molecular formula is C17H13F3N2O4. The average molecular weight is 366 g/mol. The number of hydrogen-bond donors (Lipinski definition) is 2. The number of carbonyl (C=O) groups is 2. The van der Waals surface area contributed by atoms with Gasteiger partial charge in [-0.1, -0.05) is 6.07 Å². The van der Waals surface area contributed by atoms with Gasteiger partial charge in [0.2, 0.25) is 0 Å². The maximum atomic E-state index is 13.0. The smallest absolute Gasteiger partial charge is 0.449 e. The molecule has 3 rings (SSSR count). The molecular weight excluding hydrogens is 353 g/mol. The van der Waals surface area contributed by atoms with Gasteiger partial charge < -0.3 is 15.2 Å². The molecule has 9 heteroatoms. The van der Waals surface area contributed by atoms with E-state index in [1.165, 1.54) is 18.2 Å². The van der Waals surface area contributed by atoms with Crippen LogP contribution in [0.1, 0.15) is 39.6 Å². The van der Waals surface area contributed by atoms with Crippen molar-refractivity contribution in [1.82, 2.24) is 10.3 Å². The fourth-order valence-electron chi connectivity index (χ4n) is 2.95. The van der Waals surface area contributed by atoms with Gasteiger partial charge in [0.15, 0.2) is 5.69 Å². The molecule has 2 N–H and O–H groups in total. The second kappa shape index (κ2) is 6.66. The summed E-state index contributed by atoms with van der Waals surface area (Å²) < 4.78 is 43.6. The molecule has 1 aromatic heterocycles. The molecule has 0 saturated carbocycles. The Kier molecular flexibility index (Phi) is 4.54. The molecule has 1 atom stereocenters. The zero-order chi connectivity index (χ0) is 18.9. The van der Waals surface area contributed by atoms with Crippen LogP contribution in [0.4, 0.5) is 18.0 Å². The van der Waals surface area contributed by atoms with Gasteiger partial charge in [0.05, 0.1) is 11.6 Å². The van der Waals surface area contributed by atoms with Crippen LogP contribution in [0.3, 0.4) is 0 Å². The van der Waals surface area contributed by atoms with E-state index in [-0.39, 0.29) is 5.75 Å². The van der Waals surface area contributed by atoms with Crippen LogP contribution in [0.15, 0.2) is 36.5 Å². The van der Waals surface area contributed by atoms with E-state index in [0.29, 0.717) is 18.4 Å². The van der Waals surface area contributed by atoms with E-state index in [2.05, 4.69) is 15.0 Å². The van der Waals surface area contributed by atoms with E-state index in [9.17, 15) is 22.8 Å². The Morgan fingerprint density at radius 2 is 2.04 bits per heavy atom. The van der Waals surface area contributed by atoms with Crippen LogP contribution in [0.25, 0.3) is 0 Å². The maximum Gasteiger partial charge on any atom is 0.511 e. The topological polar surface area (TPSA) is 88.5 Å². The molecule has 0 bridgehead atoms. The molecule has 0 saturated heterocycles. The van der Waals surface area contributed by atoms with Gasteiger partial charge in [-0.05, 0) is 48.2 Å². The number of amides is 1. The van der Waals surface area contributed by atoms with E-state index in [1.54, 1.807) is 6.07 Å². The summed E-state index contributed by atoms with van der Waals surface area (Å²) in [6.07, 6.45) is -4.16. The minimum Gasteiger partial charge on any atom is -0.449 e. The van der Waals surface area contributed by atoms with Crippen molar-refractivity contribution in [3.63, 3.8) is 0 Å². The Morgan fingerprint density at radius 1 is 1.27 bits per heavy atom. The van der Waals surface area contributed by atoms with Crippen molar-refractivity contribution >= 4 is 12.1 Å². The standard InChI is InChI=1S/C17H13F3N2O4/c18-17(19,20)14-11(2-1-7-21-14)15(23)22-13-6-4-9-3-5-10(8-12(9)13)26-16(24)25/h1-3,5,7-8,13H,4,6H2,(H,22,23)(H,24,25). The second-order valence-electron chi connectivity index (χ2n) is 5.69. The van der Waals surface area contributed by atoms with Crippen molar-refractivity contribution in [2.75, 3.05) is 0 Å². The van der Waals surface area contributed by atoms with Crippen molar-refractivity contribution in [2.45, 2.75) is 25.1 Å². The lowest BCUT2D eigenvalue weighted by atomic mass is 10.1. The summed E-state index contributed by atoms with van der Waals surface area (Å²) in [5.74, 6) is -0.817. The molecule has 0 radical (unpaired) electrons. The summed E-state index contributed by atoms with van der Waals surface area (Å²) in [6.45, 7) is 0. The number of halogens is 3. The number of hydrogen-bond acceptors (Lipinski definition) is 4. The highest BCUT2D eigenvalue weighted by Gasteiger charge is 2.37. The molecule has 0 aliphatic heterocycles. The Balaban J connectivity index is 1.84. The number of carbonyl (C=O) groups excluding carboxylic acids is 1. The van der Waals surface area contributed by atoms with E-state index in [0.717, 1.165) is 17.8 Å². The van der Waals surface area contributed by atoms with Crippen LogP contribution in [0.2, 0.25) is 0 Å². The van der Waals surface area contributed by atoms with Gasteiger partial charge in [-0.3, -0.25) is 9.78 Å². The lowest BCUT2D eigenvalue weighted by Gasteiger charge is -2.17. The molecule has 1 heterocycles. The van der Waals surface area contributed by atoms with E-state index in [4.69, 9.17) is 5.11 Å². The maximum absolute atomic E-state index is 13.0. The molecule has 2 aromatic rings. The molecule has 1 aliphatic rings. The molecule has 1 amide bonds. The zero-order valence-corrected chi connectivity index (χ0v) is 13.2. The quantitative estimate of drug-likeness (QED) is 0.640. The van der Waals surface area contributed by atoms with Crippen molar-refractivity contribution in [3.8, 4) is 5.75 Å². The summed E-state index contributed by atoms with van der Waals surface area (Å²) in [4.78, 5) is 26.3. The Hall–Kier alpha value is -3.10. The SMILES string of the molecule is O=C(O)Oc1ccc2c(c1)C(NC(=O)c1cccnc1C(F)(F)F)CC2. The largest absolute Gasteiger partial charge is 0.511 e. The average Bonchev–Trinajstić information content (AvgIpc) is 2.96. The number of carboxylic acid groups (broad SMARTS) is 1. The first-order chi connectivity index (χ1) is 12.3. The fraction of sp³-hybridized carbons (Fsp3) is 0.235. The number of aromatic nitrogens is 1. The Bertz CT molecular complexity index is 867. The summed E-state index contributed by atoms with van der Waals surface area (Å²) in [7, 11) is 0. The van der Waals surface area contributed by atoms with Crippen LogP contribution < -0.4 is 10.1 Å². The van der Waals surface area contributed by atoms with Crippen molar-refractivity contribution < 1.29 is 32.6 Å². The number of aryl methyl sites for hydroxylation is 1. The number of ether oxygens (including phenoxy) is 1. The highest BCUT2D eigenvalue weighted by molar-refractivity contribution is 5.95. The van der Waals surface area contributed by atoms with Gasteiger partial charge in [-0.15, -0.1) is 0 Å². The highest BCUT2D eigenvalue weighted by atomic mass is 19.4. The Morgan fingerprint density at radius 3 is 2.73 bits per heavy atom. The van der Waals surface area contributed by atoms with Crippen molar-refractivity contribution in [3.05, 3.63) is 58.9 Å². The molecule has 26 heavy (non-hydrogen) atoms. The zero-order valence-electron chi connectivity index (χ0n) is 13.2. The lowest BCUT2D eigenvalue weighted by Crippen LogP contribution is -2.29. The van der Waals surface area contributed by atoms with Gasteiger partial charge in [0.25, 0.3) is 5.91 Å². The minimum absolute atomic E-state index is 0.0785. The van der Waals surface area contributed by atoms with E-state index >= 15 is 0 Å². The molecule has 1 aromatic carbocycles. The number of alkyl halides is 3. The van der Waals surface area contributed by atoms with Crippen LogP contribution in [-0.2, 0) is 12.6 Å². The number of nitrogens with one attached hydrogen (secondary N) is 1. The predicted molar refractivity (Wildman–Crippen MR) is 82.9 cm³/mol. The van der Waals surface area contributed by atoms with Gasteiger partial charge in [0, 0.05) is 6.20 Å². The van der Waals surface area contributed by atoms with Crippen molar-refractivity contribution in [2.24, 2.45) is 0 Å². The lowest BCUT2D eigenvalue weighted by molar-refractivity contribution is -0.141. The van der Waals surface area contributed by atoms with Crippen LogP contribution in [0, 0.1) is 0 Å². The number of pyridine rings is 1. The summed E-state index contributed by atoms with van der Waals surface area (Å²) in [5.41, 5.74) is -0.324. The van der Waals surface area contributed by atoms with Crippen LogP contribution in [0.5, 0.6) is 5.75 Å². The number of nitrogens with zero attached hydrogens (tertiary/aromatic N) is 1. The van der Waals surface area contributed by atoms with Gasteiger partial charge in [-0.25, -0.2) is 4.79 Å².